The van der Waals surface area contributed by atoms with Gasteiger partial charge in [0.05, 0.1) is 7.11 Å². The van der Waals surface area contributed by atoms with Crippen molar-refractivity contribution in [3.05, 3.63) is 76.1 Å². The average molecular weight is 464 g/mol. The largest absolute Gasteiger partial charge is 0.493 e. The van der Waals surface area contributed by atoms with Crippen LogP contribution in [0.1, 0.15) is 24.5 Å². The number of ether oxygens (including phenoxy) is 3. The van der Waals surface area contributed by atoms with Crippen LogP contribution in [0.25, 0.3) is 6.08 Å². The number of carbonyl (C=O) groups is 2. The second kappa shape index (κ2) is 11.3. The molecule has 2 aromatic rings. The molecule has 0 aromatic heterocycles. The molecule has 0 unspecified atom stereocenters. The minimum absolute atomic E-state index is 0.0217. The average Bonchev–Trinajstić information content (AvgIpc) is 2.84. The third kappa shape index (κ3) is 5.33. The first-order valence-corrected chi connectivity index (χ1v) is 10.6. The normalized spacial score (nSPS) is 15.0. The summed E-state index contributed by atoms with van der Waals surface area (Å²) in [5.41, 5.74) is 1.52. The molecule has 8 heteroatoms. The molecule has 0 saturated carbocycles. The fourth-order valence-electron chi connectivity index (χ4n) is 3.53. The van der Waals surface area contributed by atoms with E-state index >= 15 is 0 Å². The lowest BCUT2D eigenvalue weighted by molar-refractivity contribution is -0.140. The molecule has 3 rings (SSSR count). The Kier molecular flexibility index (Phi) is 8.17. The molecule has 176 valence electrons. The predicted octanol–water partition coefficient (Wildman–Crippen LogP) is 4.04. The summed E-state index contributed by atoms with van der Waals surface area (Å²) in [6.07, 6.45) is 2.06. The van der Waals surface area contributed by atoms with E-state index in [-0.39, 0.29) is 30.1 Å². The summed E-state index contributed by atoms with van der Waals surface area (Å²) < 4.78 is 30.0. The molecule has 1 aliphatic heterocycles. The second-order valence-electron chi connectivity index (χ2n) is 7.57. The van der Waals surface area contributed by atoms with Gasteiger partial charge in [-0.05, 0) is 48.8 Å². The molecule has 0 atom stereocenters. The van der Waals surface area contributed by atoms with Crippen LogP contribution >= 0.6 is 0 Å². The van der Waals surface area contributed by atoms with Crippen molar-refractivity contribution in [1.82, 2.24) is 4.90 Å². The van der Waals surface area contributed by atoms with E-state index in [1.807, 2.05) is 6.07 Å². The summed E-state index contributed by atoms with van der Waals surface area (Å²) >= 11 is 0. The molecule has 7 nitrogen and oxygen atoms in total. The van der Waals surface area contributed by atoms with Gasteiger partial charge in [-0.25, -0.2) is 4.39 Å². The summed E-state index contributed by atoms with van der Waals surface area (Å²) in [5, 5.41) is 9.50. The Balaban J connectivity index is 1.90. The standard InChI is InChI=1S/C26H25FN2O5/c1-17-20(25(30)29(11-6-12-32-2)26(31)21(17)15-28)13-18-9-10-23(24(14-18)33-3)34-16-19-7-4-5-8-22(19)27/h4-5,7-10,13-14H,6,11-12,16H2,1-3H3/b20-13+. The van der Waals surface area contributed by atoms with Crippen LogP contribution in [0, 0.1) is 17.1 Å². The van der Waals surface area contributed by atoms with Gasteiger partial charge in [-0.15, -0.1) is 0 Å². The van der Waals surface area contributed by atoms with E-state index in [2.05, 4.69) is 0 Å². The smallest absolute Gasteiger partial charge is 0.271 e. The topological polar surface area (TPSA) is 88.9 Å². The van der Waals surface area contributed by atoms with Gasteiger partial charge < -0.3 is 14.2 Å². The second-order valence-corrected chi connectivity index (χ2v) is 7.57. The number of amides is 2. The summed E-state index contributed by atoms with van der Waals surface area (Å²) in [7, 11) is 3.01. The van der Waals surface area contributed by atoms with Crippen molar-refractivity contribution >= 4 is 17.9 Å². The van der Waals surface area contributed by atoms with Crippen molar-refractivity contribution in [2.24, 2.45) is 0 Å². The van der Waals surface area contributed by atoms with Crippen LogP contribution in [-0.2, 0) is 20.9 Å². The monoisotopic (exact) mass is 464 g/mol. The third-order valence-electron chi connectivity index (χ3n) is 5.40. The van der Waals surface area contributed by atoms with Gasteiger partial charge in [0.25, 0.3) is 11.8 Å². The lowest BCUT2D eigenvalue weighted by atomic mass is 9.93. The third-order valence-corrected chi connectivity index (χ3v) is 5.40. The predicted molar refractivity (Wildman–Crippen MR) is 123 cm³/mol. The van der Waals surface area contributed by atoms with Crippen molar-refractivity contribution in [1.29, 1.82) is 5.26 Å². The lowest BCUT2D eigenvalue weighted by Gasteiger charge is -2.27. The van der Waals surface area contributed by atoms with Crippen molar-refractivity contribution in [3.8, 4) is 17.6 Å². The van der Waals surface area contributed by atoms with Crippen LogP contribution in [0.15, 0.2) is 59.2 Å². The molecule has 0 N–H and O–H groups in total. The molecular weight excluding hydrogens is 439 g/mol. The number of hydrogen-bond donors (Lipinski definition) is 0. The highest BCUT2D eigenvalue weighted by Crippen LogP contribution is 2.32. The summed E-state index contributed by atoms with van der Waals surface area (Å²) in [6.45, 7) is 2.13. The van der Waals surface area contributed by atoms with Crippen molar-refractivity contribution in [3.63, 3.8) is 0 Å². The first kappa shape index (κ1) is 24.7. The Hall–Kier alpha value is -3.96. The van der Waals surface area contributed by atoms with Gasteiger partial charge in [0.15, 0.2) is 11.5 Å². The summed E-state index contributed by atoms with van der Waals surface area (Å²) in [6, 6.07) is 13.3. The fourth-order valence-corrected chi connectivity index (χ4v) is 3.53. The zero-order valence-corrected chi connectivity index (χ0v) is 19.3. The minimum atomic E-state index is -0.604. The van der Waals surface area contributed by atoms with E-state index in [0.717, 1.165) is 4.90 Å². The Morgan fingerprint density at radius 1 is 1.09 bits per heavy atom. The lowest BCUT2D eigenvalue weighted by Crippen LogP contribution is -2.43. The maximum absolute atomic E-state index is 13.9. The summed E-state index contributed by atoms with van der Waals surface area (Å²) in [5.74, 6) is -0.642. The number of nitriles is 1. The Morgan fingerprint density at radius 2 is 1.85 bits per heavy atom. The van der Waals surface area contributed by atoms with Crippen molar-refractivity contribution in [2.45, 2.75) is 20.0 Å². The molecule has 0 saturated heterocycles. The highest BCUT2D eigenvalue weighted by Gasteiger charge is 2.35. The number of benzene rings is 2. The van der Waals surface area contributed by atoms with E-state index in [1.54, 1.807) is 49.4 Å². The van der Waals surface area contributed by atoms with Crippen LogP contribution < -0.4 is 9.47 Å². The van der Waals surface area contributed by atoms with Gasteiger partial charge in [-0.2, -0.15) is 5.26 Å². The summed E-state index contributed by atoms with van der Waals surface area (Å²) in [4.78, 5) is 26.8. The molecule has 2 aromatic carbocycles. The molecule has 0 spiro atoms. The number of carbonyl (C=O) groups excluding carboxylic acids is 2. The van der Waals surface area contributed by atoms with Crippen molar-refractivity contribution < 1.29 is 28.2 Å². The van der Waals surface area contributed by atoms with Crippen LogP contribution in [-0.4, -0.2) is 44.1 Å². The van der Waals surface area contributed by atoms with E-state index in [9.17, 15) is 19.2 Å². The minimum Gasteiger partial charge on any atom is -0.493 e. The zero-order chi connectivity index (χ0) is 24.7. The van der Waals surface area contributed by atoms with Gasteiger partial charge in [0.1, 0.15) is 24.1 Å². The van der Waals surface area contributed by atoms with Crippen LogP contribution in [0.3, 0.4) is 0 Å². The highest BCUT2D eigenvalue weighted by molar-refractivity contribution is 6.19. The van der Waals surface area contributed by atoms with Crippen LogP contribution in [0.5, 0.6) is 11.5 Å². The van der Waals surface area contributed by atoms with Crippen LogP contribution in [0.4, 0.5) is 4.39 Å². The van der Waals surface area contributed by atoms with E-state index in [0.29, 0.717) is 41.2 Å². The fraction of sp³-hybridized carbons (Fsp3) is 0.269. The molecule has 34 heavy (non-hydrogen) atoms. The first-order valence-electron chi connectivity index (χ1n) is 10.6. The Morgan fingerprint density at radius 3 is 2.53 bits per heavy atom. The Bertz CT molecular complexity index is 1200. The number of methoxy groups -OCH3 is 2. The maximum atomic E-state index is 13.9. The molecule has 1 aliphatic rings. The van der Waals surface area contributed by atoms with Crippen LogP contribution in [0.2, 0.25) is 0 Å². The quantitative estimate of drug-likeness (QED) is 0.316. The SMILES string of the molecule is COCCCN1C(=O)C(C#N)=C(C)/C(=C\c2ccc(OCc3ccccc3F)c(OC)c2)C1=O. The van der Waals surface area contributed by atoms with Crippen molar-refractivity contribution in [2.75, 3.05) is 27.4 Å². The van der Waals surface area contributed by atoms with E-state index in [4.69, 9.17) is 14.2 Å². The highest BCUT2D eigenvalue weighted by atomic mass is 19.1. The molecule has 0 aliphatic carbocycles. The number of halogens is 1. The van der Waals surface area contributed by atoms with Gasteiger partial charge in [-0.3, -0.25) is 14.5 Å². The molecule has 0 fully saturated rings. The first-order chi connectivity index (χ1) is 16.4. The molecule has 2 amide bonds. The number of imide groups is 1. The number of rotatable bonds is 9. The molecule has 0 radical (unpaired) electrons. The number of nitrogens with zero attached hydrogens (tertiary/aromatic N) is 2. The zero-order valence-electron chi connectivity index (χ0n) is 19.3. The van der Waals surface area contributed by atoms with E-state index < -0.39 is 11.8 Å². The van der Waals surface area contributed by atoms with Gasteiger partial charge in [0, 0.05) is 31.4 Å². The maximum Gasteiger partial charge on any atom is 0.271 e. The van der Waals surface area contributed by atoms with Gasteiger partial charge in [0.2, 0.25) is 0 Å². The van der Waals surface area contributed by atoms with E-state index in [1.165, 1.54) is 20.3 Å². The number of hydrogen-bond acceptors (Lipinski definition) is 6. The molecular formula is C26H25FN2O5. The van der Waals surface area contributed by atoms with Gasteiger partial charge in [-0.1, -0.05) is 24.3 Å². The Labute approximate surface area is 197 Å². The van der Waals surface area contributed by atoms with Gasteiger partial charge >= 0.3 is 0 Å². The molecule has 0 bridgehead atoms. The molecule has 1 heterocycles.